The normalized spacial score (nSPS) is 40.7. The average molecular weight is 305 g/mol. The summed E-state index contributed by atoms with van der Waals surface area (Å²) < 4.78 is 5.49. The highest BCUT2D eigenvalue weighted by molar-refractivity contribution is 5.79. The monoisotopic (exact) mass is 305 g/mol. The lowest BCUT2D eigenvalue weighted by Gasteiger charge is -2.29. The van der Waals surface area contributed by atoms with Crippen LogP contribution in [-0.2, 0) is 9.53 Å². The number of methoxy groups -OCH3 is 1. The Balaban J connectivity index is 1.50. The smallest absolute Gasteiger partial charge is 0.237 e. The van der Waals surface area contributed by atoms with Gasteiger partial charge in [0.2, 0.25) is 5.91 Å². The number of carbonyl (C=O) groups is 1. The van der Waals surface area contributed by atoms with Crippen LogP contribution >= 0.6 is 0 Å². The van der Waals surface area contributed by atoms with Gasteiger partial charge in [-0.1, -0.05) is 0 Å². The first kappa shape index (κ1) is 15.8. The fraction of sp³-hybridized carbons (Fsp3) is 0.882. The van der Waals surface area contributed by atoms with Crippen molar-refractivity contribution in [2.45, 2.75) is 63.1 Å². The summed E-state index contributed by atoms with van der Waals surface area (Å²) in [6.07, 6.45) is 6.79. The van der Waals surface area contributed by atoms with Gasteiger partial charge in [0, 0.05) is 19.2 Å². The van der Waals surface area contributed by atoms with Crippen molar-refractivity contribution in [1.29, 1.82) is 5.26 Å². The molecule has 0 radical (unpaired) electrons. The molecule has 2 aliphatic carbocycles. The Bertz CT molecular complexity index is 459. The third-order valence-electron chi connectivity index (χ3n) is 5.95. The number of ether oxygens (including phenoxy) is 1. The quantitative estimate of drug-likeness (QED) is 0.858. The highest BCUT2D eigenvalue weighted by atomic mass is 16.5. The van der Waals surface area contributed by atoms with Crippen LogP contribution in [0.5, 0.6) is 0 Å². The number of amides is 1. The minimum atomic E-state index is -0.215. The van der Waals surface area contributed by atoms with Crippen molar-refractivity contribution in [1.82, 2.24) is 10.2 Å². The first-order chi connectivity index (χ1) is 10.5. The Kier molecular flexibility index (Phi) is 4.42. The number of hydrogen-bond acceptors (Lipinski definition) is 4. The number of fused-ring (bicyclic) bond motifs is 1. The van der Waals surface area contributed by atoms with E-state index in [1.807, 2.05) is 7.11 Å². The van der Waals surface area contributed by atoms with E-state index in [-0.39, 0.29) is 17.5 Å². The van der Waals surface area contributed by atoms with Gasteiger partial charge in [0.1, 0.15) is 6.04 Å². The van der Waals surface area contributed by atoms with Gasteiger partial charge in [-0.05, 0) is 57.3 Å². The lowest BCUT2D eigenvalue weighted by molar-refractivity contribution is -0.130. The summed E-state index contributed by atoms with van der Waals surface area (Å²) in [4.78, 5) is 14.1. The van der Waals surface area contributed by atoms with Crippen LogP contribution < -0.4 is 5.32 Å². The number of nitriles is 1. The molecule has 0 bridgehead atoms. The zero-order valence-corrected chi connectivity index (χ0v) is 13.7. The van der Waals surface area contributed by atoms with Crippen molar-refractivity contribution < 1.29 is 9.53 Å². The van der Waals surface area contributed by atoms with E-state index in [4.69, 9.17) is 10.00 Å². The van der Waals surface area contributed by atoms with Crippen molar-refractivity contribution >= 4 is 5.91 Å². The van der Waals surface area contributed by atoms with E-state index in [0.29, 0.717) is 12.6 Å². The molecular formula is C17H27N3O2. The molecule has 3 fully saturated rings. The molecule has 0 spiro atoms. The topological polar surface area (TPSA) is 65.4 Å². The van der Waals surface area contributed by atoms with Crippen LogP contribution in [-0.4, -0.2) is 48.7 Å². The molecule has 3 rings (SSSR count). The zero-order valence-electron chi connectivity index (χ0n) is 13.7. The van der Waals surface area contributed by atoms with Gasteiger partial charge in [-0.15, -0.1) is 0 Å². The summed E-state index contributed by atoms with van der Waals surface area (Å²) in [5.74, 6) is 1.55. The predicted octanol–water partition coefficient (Wildman–Crippen LogP) is 1.68. The van der Waals surface area contributed by atoms with Crippen molar-refractivity contribution in [2.75, 3.05) is 20.2 Å². The minimum absolute atomic E-state index is 0.0611. The van der Waals surface area contributed by atoms with Crippen LogP contribution in [0.1, 0.15) is 45.4 Å². The van der Waals surface area contributed by atoms with E-state index in [0.717, 1.165) is 56.9 Å². The van der Waals surface area contributed by atoms with Gasteiger partial charge in [-0.2, -0.15) is 5.26 Å². The number of likely N-dealkylation sites (tertiary alicyclic amines) is 1. The van der Waals surface area contributed by atoms with Gasteiger partial charge in [-0.25, -0.2) is 0 Å². The van der Waals surface area contributed by atoms with Crippen molar-refractivity contribution in [3.63, 3.8) is 0 Å². The summed E-state index contributed by atoms with van der Waals surface area (Å²) in [6, 6.07) is 2.02. The molecule has 0 unspecified atom stereocenters. The molecule has 3 aliphatic rings. The second-order valence-electron chi connectivity index (χ2n) is 7.55. The maximum Gasteiger partial charge on any atom is 0.237 e. The van der Waals surface area contributed by atoms with Crippen molar-refractivity contribution in [3.05, 3.63) is 0 Å². The van der Waals surface area contributed by atoms with E-state index >= 15 is 0 Å². The number of nitrogens with zero attached hydrogens (tertiary/aromatic N) is 2. The summed E-state index contributed by atoms with van der Waals surface area (Å²) in [5.41, 5.74) is 0.0611. The molecule has 1 heterocycles. The molecule has 0 aromatic heterocycles. The molecule has 5 heteroatoms. The lowest BCUT2D eigenvalue weighted by Crippen LogP contribution is -2.48. The largest absolute Gasteiger partial charge is 0.381 e. The minimum Gasteiger partial charge on any atom is -0.381 e. The Labute approximate surface area is 133 Å². The van der Waals surface area contributed by atoms with Crippen LogP contribution in [0.3, 0.4) is 0 Å². The molecule has 5 nitrogen and oxygen atoms in total. The van der Waals surface area contributed by atoms with Crippen LogP contribution in [0.4, 0.5) is 0 Å². The molecule has 0 aromatic rings. The molecule has 1 saturated heterocycles. The third-order valence-corrected chi connectivity index (χ3v) is 5.95. The first-order valence-electron chi connectivity index (χ1n) is 8.51. The number of rotatable bonds is 4. The molecule has 122 valence electrons. The molecule has 5 atom stereocenters. The van der Waals surface area contributed by atoms with E-state index in [1.54, 1.807) is 4.90 Å². The summed E-state index contributed by atoms with van der Waals surface area (Å²) >= 11 is 0. The number of carbonyl (C=O) groups excluding carboxylic acids is 1. The molecular weight excluding hydrogens is 278 g/mol. The Morgan fingerprint density at radius 1 is 1.41 bits per heavy atom. The number of hydrogen-bond donors (Lipinski definition) is 1. The molecule has 0 aromatic carbocycles. The molecule has 1 aliphatic heterocycles. The van der Waals surface area contributed by atoms with Crippen molar-refractivity contribution in [3.8, 4) is 6.07 Å². The van der Waals surface area contributed by atoms with Crippen molar-refractivity contribution in [2.24, 2.45) is 11.8 Å². The van der Waals surface area contributed by atoms with Gasteiger partial charge in [-0.3, -0.25) is 4.79 Å². The van der Waals surface area contributed by atoms with Gasteiger partial charge in [0.05, 0.1) is 18.7 Å². The maximum atomic E-state index is 12.4. The zero-order chi connectivity index (χ0) is 15.7. The summed E-state index contributed by atoms with van der Waals surface area (Å²) in [5, 5.41) is 12.6. The Morgan fingerprint density at radius 3 is 2.68 bits per heavy atom. The third kappa shape index (κ3) is 3.00. The van der Waals surface area contributed by atoms with E-state index in [9.17, 15) is 4.79 Å². The van der Waals surface area contributed by atoms with Gasteiger partial charge in [0.25, 0.3) is 0 Å². The van der Waals surface area contributed by atoms with Crippen LogP contribution in [0.2, 0.25) is 0 Å². The van der Waals surface area contributed by atoms with Gasteiger partial charge >= 0.3 is 0 Å². The van der Waals surface area contributed by atoms with E-state index in [1.165, 1.54) is 0 Å². The Morgan fingerprint density at radius 2 is 2.09 bits per heavy atom. The average Bonchev–Trinajstić information content (AvgIpc) is 3.17. The van der Waals surface area contributed by atoms with E-state index in [2.05, 4.69) is 18.3 Å². The van der Waals surface area contributed by atoms with Crippen LogP contribution in [0.25, 0.3) is 0 Å². The predicted molar refractivity (Wildman–Crippen MR) is 83.0 cm³/mol. The van der Waals surface area contributed by atoms with Crippen LogP contribution in [0.15, 0.2) is 0 Å². The fourth-order valence-electron chi connectivity index (χ4n) is 4.82. The van der Waals surface area contributed by atoms with Gasteiger partial charge < -0.3 is 15.0 Å². The van der Waals surface area contributed by atoms with E-state index < -0.39 is 0 Å². The molecule has 22 heavy (non-hydrogen) atoms. The molecule has 2 saturated carbocycles. The first-order valence-corrected chi connectivity index (χ1v) is 8.51. The highest BCUT2D eigenvalue weighted by Crippen LogP contribution is 2.49. The summed E-state index contributed by atoms with van der Waals surface area (Å²) in [6.45, 7) is 3.34. The lowest BCUT2D eigenvalue weighted by atomic mass is 9.95. The SMILES string of the molecule is CO[C@@H]1C[C@@H]2C[C@@](C)(NCC(=O)N3CCC[C@H]3C#N)C[C@@H]2C1. The Hall–Kier alpha value is -1.12. The maximum absolute atomic E-state index is 12.4. The van der Waals surface area contributed by atoms with Gasteiger partial charge in [0.15, 0.2) is 0 Å². The molecule has 1 amide bonds. The second kappa shape index (κ2) is 6.17. The van der Waals surface area contributed by atoms with Crippen LogP contribution in [0, 0.1) is 23.2 Å². The fourth-order valence-corrected chi connectivity index (χ4v) is 4.82. The standard InChI is InChI=1S/C17H27N3O2/c1-17(8-12-6-15(22-2)7-13(12)9-17)19-11-16(21)20-5-3-4-14(20)10-18/h12-15,19H,3-9,11H2,1-2H3/t12-,13+,14-,15-,17-/m0/s1. The second-order valence-corrected chi connectivity index (χ2v) is 7.55. The molecule has 1 N–H and O–H groups in total. The summed E-state index contributed by atoms with van der Waals surface area (Å²) in [7, 11) is 1.81. The number of nitrogens with one attached hydrogen (secondary N) is 1. The highest BCUT2D eigenvalue weighted by Gasteiger charge is 2.47.